The normalized spacial score (nSPS) is 16.1. The average molecular weight is 1050 g/mol. The fourth-order valence-electron chi connectivity index (χ4n) is 6.18. The van der Waals surface area contributed by atoms with Crippen LogP contribution in [0.1, 0.15) is 79.1 Å². The summed E-state index contributed by atoms with van der Waals surface area (Å²) in [6.07, 6.45) is -5.15. The van der Waals surface area contributed by atoms with E-state index in [-0.39, 0.29) is 56.2 Å². The molecule has 0 radical (unpaired) electrons. The first-order valence-corrected chi connectivity index (χ1v) is 23.6. The van der Waals surface area contributed by atoms with Crippen molar-refractivity contribution in [2.24, 2.45) is 33.8 Å². The molecule has 0 saturated carbocycles. The summed E-state index contributed by atoms with van der Waals surface area (Å²) in [7, 11) is 0. The van der Waals surface area contributed by atoms with Gasteiger partial charge in [0.25, 0.3) is 0 Å². The molecule has 0 aromatic carbocycles. The van der Waals surface area contributed by atoms with Gasteiger partial charge >= 0.3 is 17.9 Å². The van der Waals surface area contributed by atoms with E-state index in [0.29, 0.717) is 12.8 Å². The highest BCUT2D eigenvalue weighted by Crippen LogP contribution is 2.12. The Kier molecular flexibility index (Phi) is 30.7. The molecule has 0 aromatic rings. The van der Waals surface area contributed by atoms with Crippen LogP contribution in [0.3, 0.4) is 0 Å². The summed E-state index contributed by atoms with van der Waals surface area (Å²) >= 11 is 7.81. The molecule has 0 unspecified atom stereocenters. The summed E-state index contributed by atoms with van der Waals surface area (Å²) < 4.78 is 0. The molecule has 0 aromatic heterocycles. The predicted octanol–water partition coefficient (Wildman–Crippen LogP) is -6.92. The zero-order chi connectivity index (χ0) is 54.7. The largest absolute Gasteiger partial charge is 0.481 e. The molecule has 0 aliphatic carbocycles. The number of hydrogen-bond donors (Lipinski definition) is 19. The number of carbonyl (C=O) groups excluding carboxylic acids is 8. The number of aliphatic hydroxyl groups excluding tert-OH is 2. The van der Waals surface area contributed by atoms with E-state index in [1.165, 1.54) is 0 Å². The Morgan fingerprint density at radius 2 is 0.901 bits per heavy atom. The van der Waals surface area contributed by atoms with E-state index in [4.69, 9.17) is 22.9 Å². The zero-order valence-electron chi connectivity index (χ0n) is 39.8. The first-order chi connectivity index (χ1) is 33.1. The summed E-state index contributed by atoms with van der Waals surface area (Å²) in [5.74, 6) is -15.0. The number of carboxylic acid groups (broad SMARTS) is 3. The lowest BCUT2D eigenvalue weighted by atomic mass is 9.97. The summed E-state index contributed by atoms with van der Waals surface area (Å²) in [5, 5.41) is 67.8. The summed E-state index contributed by atoms with van der Waals surface area (Å²) in [4.78, 5) is 146. The molecule has 0 bridgehead atoms. The predicted molar refractivity (Wildman–Crippen MR) is 259 cm³/mol. The molecular formula is C40H71N13O16S2. The average Bonchev–Trinajstić information content (AvgIpc) is 3.29. The number of aliphatic imine (C=N–C) groups is 1. The molecule has 8 amide bonds. The lowest BCUT2D eigenvalue weighted by molar-refractivity contribution is -0.143. The van der Waals surface area contributed by atoms with E-state index in [1.54, 1.807) is 13.8 Å². The van der Waals surface area contributed by atoms with Crippen LogP contribution in [-0.4, -0.2) is 188 Å². The fourth-order valence-corrected chi connectivity index (χ4v) is 6.59. The minimum absolute atomic E-state index is 0.0667. The molecule has 0 heterocycles. The molecule has 0 rings (SSSR count). The molecule has 0 fully saturated rings. The molecule has 0 aliphatic rings. The Hall–Kier alpha value is -6.02. The molecule has 71 heavy (non-hydrogen) atoms. The van der Waals surface area contributed by atoms with Crippen LogP contribution in [0.5, 0.6) is 0 Å². The molecule has 21 N–H and O–H groups in total. The van der Waals surface area contributed by atoms with Crippen LogP contribution in [0.2, 0.25) is 0 Å². The van der Waals surface area contributed by atoms with Crippen LogP contribution in [0.4, 0.5) is 0 Å². The third kappa shape index (κ3) is 24.6. The minimum atomic E-state index is -2.03. The topological polar surface area (TPSA) is 502 Å². The van der Waals surface area contributed by atoms with Crippen LogP contribution in [0.25, 0.3) is 0 Å². The lowest BCUT2D eigenvalue weighted by Gasteiger charge is -2.30. The van der Waals surface area contributed by atoms with Gasteiger partial charge in [0.15, 0.2) is 5.96 Å². The van der Waals surface area contributed by atoms with E-state index in [2.05, 4.69) is 67.5 Å². The standard InChI is InChI=1S/C40H71N13O16S2/c1-5-17(2)28(36(65)50-25(16-71)39(68)69)51-32(61)21(9-6-7-11-41)47-37(66)29(18(3)54)53-38(67)30(19(4)55)52-33(62)22(10-8-12-45-40(43)44)46-34(63)24(14-27(58)59)49-35(64)23(13-26(56)57)48-31(60)20(42)15-70/h17-25,28-30,54-55,70-71H,5-16,41-42H2,1-4H3,(H,46,63)(H,47,66)(H,48,60)(H,49,64)(H,50,65)(H,51,61)(H,52,62)(H,53,67)(H,56,57)(H,58,59)(H,68,69)(H4,43,44,45)/t17-,18+,19+,20-,21-,22-,23-,24-,25-,28-,29-,30-/m0/s1. The molecule has 29 nitrogen and oxygen atoms in total. The first-order valence-electron chi connectivity index (χ1n) is 22.3. The number of nitrogens with one attached hydrogen (secondary N) is 8. The molecular weight excluding hydrogens is 983 g/mol. The number of rotatable bonds is 35. The summed E-state index contributed by atoms with van der Waals surface area (Å²) in [6.45, 7) is 5.55. The number of carbonyl (C=O) groups is 11. The maximum atomic E-state index is 13.9. The molecule has 0 saturated heterocycles. The van der Waals surface area contributed by atoms with Gasteiger partial charge < -0.3 is 91.0 Å². The van der Waals surface area contributed by atoms with Crippen LogP contribution in [0.15, 0.2) is 4.99 Å². The molecule has 31 heteroatoms. The number of carboxylic acids is 3. The van der Waals surface area contributed by atoms with Crippen molar-refractivity contribution in [3.8, 4) is 0 Å². The van der Waals surface area contributed by atoms with Crippen molar-refractivity contribution in [1.82, 2.24) is 42.5 Å². The SMILES string of the molecule is CC[C@H](C)[C@H](NC(=O)[C@H](CCCCN)NC(=O)[C@@H](NC(=O)[C@@H](NC(=O)[C@H](CCCN=C(N)N)NC(=O)[C@H](CC(=O)O)NC(=O)[C@H](CC(=O)O)NC(=O)[C@@H](N)CS)[C@@H](C)O)[C@@H](C)O)C(=O)N[C@@H](CS)C(=O)O. The highest BCUT2D eigenvalue weighted by Gasteiger charge is 2.38. The van der Waals surface area contributed by atoms with E-state index in [0.717, 1.165) is 13.8 Å². The Balaban J connectivity index is 6.72. The summed E-state index contributed by atoms with van der Waals surface area (Å²) in [6, 6.07) is -14.9. The van der Waals surface area contributed by atoms with Gasteiger partial charge in [-0.3, -0.25) is 52.9 Å². The van der Waals surface area contributed by atoms with Crippen molar-refractivity contribution in [1.29, 1.82) is 0 Å². The number of thiol groups is 2. The molecule has 0 spiro atoms. The first kappa shape index (κ1) is 65.0. The Morgan fingerprint density at radius 3 is 1.31 bits per heavy atom. The van der Waals surface area contributed by atoms with Crippen LogP contribution < -0.4 is 65.5 Å². The van der Waals surface area contributed by atoms with Crippen molar-refractivity contribution < 1.29 is 78.3 Å². The second kappa shape index (κ2) is 33.5. The molecule has 0 aliphatic heterocycles. The quantitative estimate of drug-likeness (QED) is 0.0121. The number of nitrogens with two attached hydrogens (primary N) is 4. The lowest BCUT2D eigenvalue weighted by Crippen LogP contribution is -2.63. The van der Waals surface area contributed by atoms with E-state index >= 15 is 0 Å². The van der Waals surface area contributed by atoms with Gasteiger partial charge in [0, 0.05) is 18.1 Å². The van der Waals surface area contributed by atoms with Crippen LogP contribution in [-0.2, 0) is 52.7 Å². The number of aliphatic carboxylic acids is 3. The fraction of sp³-hybridized carbons (Fsp3) is 0.700. The van der Waals surface area contributed by atoms with Crippen LogP contribution in [0, 0.1) is 5.92 Å². The summed E-state index contributed by atoms with van der Waals surface area (Å²) in [5.41, 5.74) is 22.0. The van der Waals surface area contributed by atoms with Gasteiger partial charge in [-0.2, -0.15) is 25.3 Å². The van der Waals surface area contributed by atoms with Gasteiger partial charge in [-0.05, 0) is 58.4 Å². The monoisotopic (exact) mass is 1050 g/mol. The van der Waals surface area contributed by atoms with Crippen molar-refractivity contribution in [3.05, 3.63) is 0 Å². The number of hydrogen-bond acceptors (Lipinski definition) is 18. The Bertz CT molecular complexity index is 1880. The van der Waals surface area contributed by atoms with Gasteiger partial charge in [0.1, 0.15) is 48.3 Å². The van der Waals surface area contributed by atoms with E-state index < -0.39 is 151 Å². The minimum Gasteiger partial charge on any atom is -0.481 e. The highest BCUT2D eigenvalue weighted by atomic mass is 32.1. The number of nitrogens with zero attached hydrogens (tertiary/aromatic N) is 1. The maximum Gasteiger partial charge on any atom is 0.327 e. The second-order valence-electron chi connectivity index (χ2n) is 16.4. The molecule has 404 valence electrons. The van der Waals surface area contributed by atoms with Gasteiger partial charge in [0.05, 0.1) is 31.1 Å². The van der Waals surface area contributed by atoms with Gasteiger partial charge in [-0.1, -0.05) is 20.3 Å². The highest BCUT2D eigenvalue weighted by molar-refractivity contribution is 7.80. The van der Waals surface area contributed by atoms with Crippen LogP contribution >= 0.6 is 25.3 Å². The zero-order valence-corrected chi connectivity index (χ0v) is 41.6. The Morgan fingerprint density at radius 1 is 0.521 bits per heavy atom. The molecule has 12 atom stereocenters. The maximum absolute atomic E-state index is 13.9. The number of guanidine groups is 1. The smallest absolute Gasteiger partial charge is 0.327 e. The van der Waals surface area contributed by atoms with E-state index in [1.807, 2.05) is 5.32 Å². The van der Waals surface area contributed by atoms with Gasteiger partial charge in [-0.25, -0.2) is 4.79 Å². The van der Waals surface area contributed by atoms with Crippen molar-refractivity contribution in [2.45, 2.75) is 146 Å². The van der Waals surface area contributed by atoms with Crippen molar-refractivity contribution in [3.63, 3.8) is 0 Å². The van der Waals surface area contributed by atoms with Gasteiger partial charge in [0.2, 0.25) is 47.3 Å². The van der Waals surface area contributed by atoms with Crippen molar-refractivity contribution >= 4 is 96.4 Å². The van der Waals surface area contributed by atoms with E-state index in [9.17, 15) is 78.3 Å². The third-order valence-electron chi connectivity index (χ3n) is 10.4. The number of unbranched alkanes of at least 4 members (excludes halogenated alkanes) is 1. The van der Waals surface area contributed by atoms with Crippen molar-refractivity contribution in [2.75, 3.05) is 24.6 Å². The third-order valence-corrected chi connectivity index (χ3v) is 11.2. The number of aliphatic hydroxyl groups is 2. The Labute approximate surface area is 420 Å². The number of amides is 8. The second-order valence-corrected chi connectivity index (χ2v) is 17.1. The van der Waals surface area contributed by atoms with Gasteiger partial charge in [-0.15, -0.1) is 0 Å².